The fraction of sp³-hybridized carbons (Fsp3) is 0.562. The second-order valence-electron chi connectivity index (χ2n) is 5.88. The van der Waals surface area contributed by atoms with Crippen LogP contribution in [0.15, 0.2) is 24.3 Å². The number of para-hydroxylation sites is 1. The highest BCUT2D eigenvalue weighted by Crippen LogP contribution is 2.27. The summed E-state index contributed by atoms with van der Waals surface area (Å²) in [5.41, 5.74) is 1.81. The number of carbonyl (C=O) groups is 1. The van der Waals surface area contributed by atoms with E-state index in [9.17, 15) is 9.90 Å². The lowest BCUT2D eigenvalue weighted by Crippen LogP contribution is -2.53. The molecule has 1 amide bonds. The van der Waals surface area contributed by atoms with Gasteiger partial charge in [0.2, 0.25) is 5.91 Å². The number of rotatable bonds is 7. The molecule has 21 heavy (non-hydrogen) atoms. The monoisotopic (exact) mass is 292 g/mol. The average Bonchev–Trinajstić information content (AvgIpc) is 2.43. The molecule has 0 bridgehead atoms. The topological polar surface area (TPSA) is 61.8 Å². The van der Waals surface area contributed by atoms with Gasteiger partial charge >= 0.3 is 0 Å². The minimum atomic E-state index is -0.198. The van der Waals surface area contributed by atoms with Crippen molar-refractivity contribution >= 4 is 11.6 Å². The largest absolute Gasteiger partial charge is 0.396 e. The van der Waals surface area contributed by atoms with Crippen molar-refractivity contribution in [3.63, 3.8) is 0 Å². The molecule has 116 valence electrons. The Morgan fingerprint density at radius 3 is 2.71 bits per heavy atom. The number of aliphatic hydroxyl groups excluding tert-OH is 1. The molecule has 0 spiro atoms. The summed E-state index contributed by atoms with van der Waals surface area (Å²) in [4.78, 5) is 14.1. The molecule has 0 saturated carbocycles. The zero-order valence-electron chi connectivity index (χ0n) is 12.8. The van der Waals surface area contributed by atoms with Crippen molar-refractivity contribution in [3.8, 4) is 0 Å². The van der Waals surface area contributed by atoms with E-state index in [1.165, 1.54) is 0 Å². The number of amides is 1. The Bertz CT molecular complexity index is 481. The Hall–Kier alpha value is -1.43. The van der Waals surface area contributed by atoms with E-state index in [-0.39, 0.29) is 17.9 Å². The van der Waals surface area contributed by atoms with Crippen LogP contribution in [0.2, 0.25) is 0 Å². The third-order valence-electron chi connectivity index (χ3n) is 3.84. The zero-order valence-corrected chi connectivity index (χ0v) is 12.8. The van der Waals surface area contributed by atoms with Crippen LogP contribution in [0.4, 0.5) is 5.69 Å². The van der Waals surface area contributed by atoms with Crippen LogP contribution in [0.5, 0.6) is 0 Å². The van der Waals surface area contributed by atoms with Gasteiger partial charge in [0.05, 0.1) is 31.8 Å². The van der Waals surface area contributed by atoms with Gasteiger partial charge in [-0.3, -0.25) is 9.69 Å². The lowest BCUT2D eigenvalue weighted by Gasteiger charge is -2.42. The van der Waals surface area contributed by atoms with Gasteiger partial charge < -0.3 is 15.2 Å². The Balaban J connectivity index is 1.86. The number of hydrogen-bond donors (Lipinski definition) is 2. The quantitative estimate of drug-likeness (QED) is 0.791. The lowest BCUT2D eigenvalue weighted by molar-refractivity contribution is -0.147. The molecular weight excluding hydrogens is 268 g/mol. The van der Waals surface area contributed by atoms with Gasteiger partial charge in [-0.2, -0.15) is 0 Å². The molecule has 5 nitrogen and oxygen atoms in total. The highest BCUT2D eigenvalue weighted by atomic mass is 16.5. The third kappa shape index (κ3) is 4.03. The normalized spacial score (nSPS) is 16.6. The lowest BCUT2D eigenvalue weighted by atomic mass is 9.86. The number of ether oxygens (including phenoxy) is 1. The maximum atomic E-state index is 12.1. The zero-order chi connectivity index (χ0) is 15.3. The van der Waals surface area contributed by atoms with E-state index in [0.29, 0.717) is 26.3 Å². The number of carbonyl (C=O) groups excluding carboxylic acids is 1. The summed E-state index contributed by atoms with van der Waals surface area (Å²) < 4.78 is 5.17. The second kappa shape index (κ2) is 7.02. The van der Waals surface area contributed by atoms with Crippen LogP contribution >= 0.6 is 0 Å². The molecule has 1 aromatic rings. The molecule has 1 aliphatic heterocycles. The van der Waals surface area contributed by atoms with Crippen LogP contribution in [0.25, 0.3) is 0 Å². The minimum absolute atomic E-state index is 0.0354. The van der Waals surface area contributed by atoms with Gasteiger partial charge in [0.1, 0.15) is 0 Å². The number of aliphatic hydroxyl groups is 1. The van der Waals surface area contributed by atoms with Crippen LogP contribution in [-0.2, 0) is 16.0 Å². The first-order valence-corrected chi connectivity index (χ1v) is 7.33. The third-order valence-corrected chi connectivity index (χ3v) is 3.84. The first kappa shape index (κ1) is 15.9. The smallest absolute Gasteiger partial charge is 0.238 e. The van der Waals surface area contributed by atoms with Crippen molar-refractivity contribution in [2.45, 2.75) is 13.3 Å². The highest BCUT2D eigenvalue weighted by Gasteiger charge is 2.39. The Kier molecular flexibility index (Phi) is 5.33. The molecule has 1 aromatic carbocycles. The molecule has 0 aliphatic carbocycles. The van der Waals surface area contributed by atoms with Crippen LogP contribution in [0.3, 0.4) is 0 Å². The predicted molar refractivity (Wildman–Crippen MR) is 82.3 cm³/mol. The predicted octanol–water partition coefficient (Wildman–Crippen LogP) is 1.13. The average molecular weight is 292 g/mol. The molecule has 5 heteroatoms. The van der Waals surface area contributed by atoms with Crippen LogP contribution in [0, 0.1) is 5.41 Å². The Morgan fingerprint density at radius 2 is 2.14 bits per heavy atom. The van der Waals surface area contributed by atoms with E-state index in [1.807, 2.05) is 36.2 Å². The van der Waals surface area contributed by atoms with Crippen LogP contribution in [-0.4, -0.2) is 55.9 Å². The van der Waals surface area contributed by atoms with Gasteiger partial charge in [0, 0.05) is 12.2 Å². The first-order valence-electron chi connectivity index (χ1n) is 7.33. The van der Waals surface area contributed by atoms with Crippen molar-refractivity contribution in [2.75, 3.05) is 45.3 Å². The van der Waals surface area contributed by atoms with Gasteiger partial charge in [-0.15, -0.1) is 0 Å². The number of aryl methyl sites for hydroxylation is 1. The van der Waals surface area contributed by atoms with E-state index in [0.717, 1.165) is 17.7 Å². The fourth-order valence-electron chi connectivity index (χ4n) is 2.64. The van der Waals surface area contributed by atoms with Gasteiger partial charge in [-0.1, -0.05) is 25.1 Å². The number of nitrogens with zero attached hydrogens (tertiary/aromatic N) is 1. The number of anilines is 1. The van der Waals surface area contributed by atoms with Crippen LogP contribution < -0.4 is 5.32 Å². The Labute approximate surface area is 125 Å². The first-order chi connectivity index (χ1) is 10.1. The van der Waals surface area contributed by atoms with Crippen molar-refractivity contribution in [1.29, 1.82) is 0 Å². The molecule has 2 N–H and O–H groups in total. The van der Waals surface area contributed by atoms with Gasteiger partial charge in [0.25, 0.3) is 0 Å². The molecule has 0 radical (unpaired) electrons. The van der Waals surface area contributed by atoms with Crippen molar-refractivity contribution in [3.05, 3.63) is 29.8 Å². The molecule has 1 heterocycles. The number of nitrogens with one attached hydrogen (secondary N) is 1. The van der Waals surface area contributed by atoms with E-state index >= 15 is 0 Å². The summed E-state index contributed by atoms with van der Waals surface area (Å²) in [6.07, 6.45) is 0.886. The molecule has 1 aliphatic rings. The van der Waals surface area contributed by atoms with Crippen molar-refractivity contribution in [1.82, 2.24) is 4.90 Å². The summed E-state index contributed by atoms with van der Waals surface area (Å²) >= 11 is 0. The van der Waals surface area contributed by atoms with E-state index in [1.54, 1.807) is 0 Å². The summed E-state index contributed by atoms with van der Waals surface area (Å²) in [6.45, 7) is 4.25. The second-order valence-corrected chi connectivity index (χ2v) is 5.88. The van der Waals surface area contributed by atoms with Gasteiger partial charge in [0.15, 0.2) is 0 Å². The maximum absolute atomic E-state index is 12.1. The van der Waals surface area contributed by atoms with Crippen LogP contribution in [0.1, 0.15) is 12.5 Å². The van der Waals surface area contributed by atoms with Gasteiger partial charge in [-0.25, -0.2) is 0 Å². The molecule has 0 aromatic heterocycles. The summed E-state index contributed by atoms with van der Waals surface area (Å²) in [6, 6.07) is 7.84. The van der Waals surface area contributed by atoms with E-state index in [2.05, 4.69) is 12.2 Å². The number of hydrogen-bond acceptors (Lipinski definition) is 4. The standard InChI is InChI=1S/C16H24N2O3/c1-3-13-6-4-5-7-14(13)17-15(20)8-18(2)9-16(10-19)11-21-12-16/h4-7,19H,3,8-12H2,1-2H3,(H,17,20). The molecular formula is C16H24N2O3. The number of benzene rings is 1. The van der Waals surface area contributed by atoms with Gasteiger partial charge in [-0.05, 0) is 25.1 Å². The molecule has 2 rings (SSSR count). The minimum Gasteiger partial charge on any atom is -0.396 e. The molecule has 0 atom stereocenters. The SMILES string of the molecule is CCc1ccccc1NC(=O)CN(C)CC1(CO)COC1. The Morgan fingerprint density at radius 1 is 1.43 bits per heavy atom. The summed E-state index contributed by atoms with van der Waals surface area (Å²) in [5.74, 6) is -0.0354. The van der Waals surface area contributed by atoms with Crippen molar-refractivity contribution in [2.24, 2.45) is 5.41 Å². The van der Waals surface area contributed by atoms with E-state index < -0.39 is 0 Å². The molecule has 1 fully saturated rings. The van der Waals surface area contributed by atoms with E-state index in [4.69, 9.17) is 4.74 Å². The highest BCUT2D eigenvalue weighted by molar-refractivity contribution is 5.92. The number of likely N-dealkylation sites (N-methyl/N-ethyl adjacent to an activating group) is 1. The summed E-state index contributed by atoms with van der Waals surface area (Å²) in [5, 5.41) is 12.4. The fourth-order valence-corrected chi connectivity index (χ4v) is 2.64. The van der Waals surface area contributed by atoms with Crippen molar-refractivity contribution < 1.29 is 14.6 Å². The summed E-state index contributed by atoms with van der Waals surface area (Å²) in [7, 11) is 1.89. The molecule has 1 saturated heterocycles. The maximum Gasteiger partial charge on any atom is 0.238 e. The molecule has 0 unspecified atom stereocenters.